The Labute approximate surface area is 149 Å². The van der Waals surface area contributed by atoms with E-state index in [1.807, 2.05) is 6.92 Å². The van der Waals surface area contributed by atoms with Crippen LogP contribution in [0.3, 0.4) is 0 Å². The summed E-state index contributed by atoms with van der Waals surface area (Å²) < 4.78 is 0. The second-order valence-electron chi connectivity index (χ2n) is 5.71. The van der Waals surface area contributed by atoms with Crippen molar-refractivity contribution in [3.63, 3.8) is 0 Å². The first kappa shape index (κ1) is 17.3. The van der Waals surface area contributed by atoms with E-state index in [1.165, 1.54) is 0 Å². The molecule has 3 aromatic rings. The first-order valence-corrected chi connectivity index (χ1v) is 8.23. The lowest BCUT2D eigenvalue weighted by Crippen LogP contribution is -2.23. The molecule has 0 aliphatic carbocycles. The minimum absolute atomic E-state index is 0.00266. The Morgan fingerprint density at radius 1 is 1.08 bits per heavy atom. The highest BCUT2D eigenvalue weighted by atomic mass is 16.2. The number of nitrogens with one attached hydrogen (secondary N) is 3. The van der Waals surface area contributed by atoms with Gasteiger partial charge in [-0.05, 0) is 31.2 Å². The number of anilines is 1. The number of hydrogen-bond donors (Lipinski definition) is 3. The summed E-state index contributed by atoms with van der Waals surface area (Å²) in [6, 6.07) is 13.7. The summed E-state index contributed by atoms with van der Waals surface area (Å²) in [5, 5.41) is 13.0. The highest BCUT2D eigenvalue weighted by molar-refractivity contribution is 5.98. The van der Waals surface area contributed by atoms with Gasteiger partial charge in [0.05, 0.1) is 17.5 Å². The fraction of sp³-hybridized carbons (Fsp3) is 0.158. The van der Waals surface area contributed by atoms with Crippen molar-refractivity contribution in [1.82, 2.24) is 15.5 Å². The smallest absolute Gasteiger partial charge is 0.272 e. The summed E-state index contributed by atoms with van der Waals surface area (Å²) >= 11 is 0. The highest BCUT2D eigenvalue weighted by Crippen LogP contribution is 2.15. The number of nitrogens with zero attached hydrogens (tertiary/aromatic N) is 1. The molecule has 3 N–H and O–H groups in total. The molecule has 0 aliphatic rings. The van der Waals surface area contributed by atoms with E-state index < -0.39 is 0 Å². The van der Waals surface area contributed by atoms with Crippen LogP contribution in [0, 0.1) is 0 Å². The van der Waals surface area contributed by atoms with Gasteiger partial charge in [0, 0.05) is 23.2 Å². The van der Waals surface area contributed by atoms with Crippen molar-refractivity contribution >= 4 is 28.3 Å². The number of hydrogen-bond acceptors (Lipinski definition) is 4. The maximum Gasteiger partial charge on any atom is 0.272 e. The predicted octanol–water partition coefficient (Wildman–Crippen LogP) is 1.85. The highest BCUT2D eigenvalue weighted by Gasteiger charge is 2.12. The molecule has 2 aromatic carbocycles. The van der Waals surface area contributed by atoms with Gasteiger partial charge in [-0.1, -0.05) is 24.3 Å². The number of fused-ring (bicyclic) bond motifs is 1. The van der Waals surface area contributed by atoms with E-state index in [9.17, 15) is 14.4 Å². The topological polar surface area (TPSA) is 104 Å². The van der Waals surface area contributed by atoms with Gasteiger partial charge >= 0.3 is 0 Å². The van der Waals surface area contributed by atoms with Crippen LogP contribution in [0.25, 0.3) is 10.8 Å². The second kappa shape index (κ2) is 7.60. The van der Waals surface area contributed by atoms with Crippen molar-refractivity contribution in [2.24, 2.45) is 0 Å². The maximum absolute atomic E-state index is 12.4. The first-order valence-electron chi connectivity index (χ1n) is 8.23. The van der Waals surface area contributed by atoms with Crippen molar-refractivity contribution in [3.8, 4) is 0 Å². The average Bonchev–Trinajstić information content (AvgIpc) is 2.65. The lowest BCUT2D eigenvalue weighted by Gasteiger charge is -2.08. The first-order chi connectivity index (χ1) is 12.6. The Hall–Kier alpha value is -3.48. The summed E-state index contributed by atoms with van der Waals surface area (Å²) in [6.07, 6.45) is 0.00266. The third kappa shape index (κ3) is 3.77. The Morgan fingerprint density at radius 2 is 1.85 bits per heavy atom. The third-order valence-corrected chi connectivity index (χ3v) is 3.85. The van der Waals surface area contributed by atoms with E-state index in [0.29, 0.717) is 34.3 Å². The number of carbonyl (C=O) groups excluding carboxylic acids is 2. The van der Waals surface area contributed by atoms with Gasteiger partial charge in [0.2, 0.25) is 5.91 Å². The molecule has 0 spiro atoms. The van der Waals surface area contributed by atoms with Crippen LogP contribution >= 0.6 is 0 Å². The molecule has 2 amide bonds. The fourth-order valence-electron chi connectivity index (χ4n) is 2.66. The molecule has 1 heterocycles. The monoisotopic (exact) mass is 350 g/mol. The molecule has 0 saturated heterocycles. The molecule has 0 bridgehead atoms. The minimum atomic E-state index is -0.292. The van der Waals surface area contributed by atoms with Gasteiger partial charge in [0.15, 0.2) is 0 Å². The number of carbonyl (C=O) groups is 2. The van der Waals surface area contributed by atoms with Crippen LogP contribution in [-0.4, -0.2) is 28.6 Å². The van der Waals surface area contributed by atoms with E-state index in [0.717, 1.165) is 0 Å². The summed E-state index contributed by atoms with van der Waals surface area (Å²) in [4.78, 5) is 36.1. The SMILES string of the molecule is CCNC(=O)c1cccc(NC(=O)Cc2n[nH]c(=O)c3ccccc23)c1. The molecule has 7 nitrogen and oxygen atoms in total. The van der Waals surface area contributed by atoms with E-state index >= 15 is 0 Å². The standard InChI is InChI=1S/C19H18N4O3/c1-2-20-18(25)12-6-5-7-13(10-12)21-17(24)11-16-14-8-3-4-9-15(14)19(26)23-22-16/h3-10H,2,11H2,1H3,(H,20,25)(H,21,24)(H,23,26). The molecule has 0 fully saturated rings. The van der Waals surface area contributed by atoms with Crippen molar-refractivity contribution in [2.45, 2.75) is 13.3 Å². The number of aromatic nitrogens is 2. The van der Waals surface area contributed by atoms with Crippen LogP contribution in [0.2, 0.25) is 0 Å². The molecule has 0 unspecified atom stereocenters. The van der Waals surface area contributed by atoms with Crippen LogP contribution in [0.5, 0.6) is 0 Å². The Kier molecular flexibility index (Phi) is 5.07. The van der Waals surface area contributed by atoms with Gasteiger partial charge < -0.3 is 10.6 Å². The predicted molar refractivity (Wildman–Crippen MR) is 99.1 cm³/mol. The molecule has 0 atom stereocenters. The zero-order valence-electron chi connectivity index (χ0n) is 14.2. The van der Waals surface area contributed by atoms with Crippen molar-refractivity contribution in [2.75, 3.05) is 11.9 Å². The number of H-pyrrole nitrogens is 1. The van der Waals surface area contributed by atoms with Gasteiger partial charge in [-0.25, -0.2) is 5.10 Å². The molecule has 132 valence electrons. The van der Waals surface area contributed by atoms with Crippen LogP contribution in [0.1, 0.15) is 23.0 Å². The lowest BCUT2D eigenvalue weighted by molar-refractivity contribution is -0.115. The number of rotatable bonds is 5. The normalized spacial score (nSPS) is 10.5. The van der Waals surface area contributed by atoms with Crippen molar-refractivity contribution in [3.05, 3.63) is 70.1 Å². The third-order valence-electron chi connectivity index (χ3n) is 3.85. The number of amides is 2. The van der Waals surface area contributed by atoms with Crippen LogP contribution in [-0.2, 0) is 11.2 Å². The van der Waals surface area contributed by atoms with Gasteiger partial charge in [-0.3, -0.25) is 14.4 Å². The number of aromatic amines is 1. The van der Waals surface area contributed by atoms with E-state index in [-0.39, 0.29) is 23.8 Å². The van der Waals surface area contributed by atoms with Crippen LogP contribution < -0.4 is 16.2 Å². The Bertz CT molecular complexity index is 1030. The molecule has 26 heavy (non-hydrogen) atoms. The second-order valence-corrected chi connectivity index (χ2v) is 5.71. The summed E-state index contributed by atoms with van der Waals surface area (Å²) in [5.74, 6) is -0.486. The number of benzene rings is 2. The van der Waals surface area contributed by atoms with E-state index in [1.54, 1.807) is 48.5 Å². The summed E-state index contributed by atoms with van der Waals surface area (Å²) in [7, 11) is 0. The molecule has 0 aliphatic heterocycles. The zero-order chi connectivity index (χ0) is 18.5. The maximum atomic E-state index is 12.4. The van der Waals surface area contributed by atoms with Crippen LogP contribution in [0.15, 0.2) is 53.3 Å². The lowest BCUT2D eigenvalue weighted by atomic mass is 10.1. The molecule has 0 radical (unpaired) electrons. The van der Waals surface area contributed by atoms with Crippen LogP contribution in [0.4, 0.5) is 5.69 Å². The van der Waals surface area contributed by atoms with Gasteiger partial charge in [-0.2, -0.15) is 5.10 Å². The van der Waals surface area contributed by atoms with Crippen molar-refractivity contribution < 1.29 is 9.59 Å². The molecule has 1 aromatic heterocycles. The molecular weight excluding hydrogens is 332 g/mol. The van der Waals surface area contributed by atoms with Gasteiger partial charge in [-0.15, -0.1) is 0 Å². The average molecular weight is 350 g/mol. The summed E-state index contributed by atoms with van der Waals surface area (Å²) in [5.41, 5.74) is 1.18. The Balaban J connectivity index is 1.78. The molecular formula is C19H18N4O3. The van der Waals surface area contributed by atoms with E-state index in [2.05, 4.69) is 20.8 Å². The van der Waals surface area contributed by atoms with E-state index in [4.69, 9.17) is 0 Å². The fourth-order valence-corrected chi connectivity index (χ4v) is 2.66. The van der Waals surface area contributed by atoms with Crippen molar-refractivity contribution in [1.29, 1.82) is 0 Å². The molecule has 3 rings (SSSR count). The molecule has 0 saturated carbocycles. The quantitative estimate of drug-likeness (QED) is 0.653. The van der Waals surface area contributed by atoms with Gasteiger partial charge in [0.25, 0.3) is 11.5 Å². The molecule has 7 heteroatoms. The summed E-state index contributed by atoms with van der Waals surface area (Å²) in [6.45, 7) is 2.37. The Morgan fingerprint density at radius 3 is 2.62 bits per heavy atom. The van der Waals surface area contributed by atoms with Gasteiger partial charge in [0.1, 0.15) is 0 Å². The largest absolute Gasteiger partial charge is 0.352 e. The zero-order valence-corrected chi connectivity index (χ0v) is 14.2. The minimum Gasteiger partial charge on any atom is -0.352 e.